The first-order chi connectivity index (χ1) is 14.7. The van der Waals surface area contributed by atoms with Crippen LogP contribution < -0.4 is 15.0 Å². The summed E-state index contributed by atoms with van der Waals surface area (Å²) in [6, 6.07) is 16.7. The second-order valence-electron chi connectivity index (χ2n) is 7.16. The summed E-state index contributed by atoms with van der Waals surface area (Å²) in [5.74, 6) is 1.16. The Balaban J connectivity index is 1.36. The van der Waals surface area contributed by atoms with Crippen molar-refractivity contribution >= 4 is 23.5 Å². The molecule has 1 amide bonds. The van der Waals surface area contributed by atoms with Crippen molar-refractivity contribution in [2.45, 2.75) is 25.5 Å². The molecule has 0 bridgehead atoms. The van der Waals surface area contributed by atoms with E-state index in [0.29, 0.717) is 22.9 Å². The summed E-state index contributed by atoms with van der Waals surface area (Å²) in [6.45, 7) is 1.92. The van der Waals surface area contributed by atoms with Crippen LogP contribution >= 0.6 is 11.6 Å². The Morgan fingerprint density at radius 1 is 1.03 bits per heavy atom. The van der Waals surface area contributed by atoms with E-state index in [4.69, 9.17) is 16.3 Å². The second kappa shape index (κ2) is 9.59. The van der Waals surface area contributed by atoms with Gasteiger partial charge in [0.15, 0.2) is 0 Å². The number of hydrogen-bond acceptors (Lipinski definition) is 5. The fraction of sp³-hybridized carbons (Fsp3) is 0.261. The highest BCUT2D eigenvalue weighted by Gasteiger charge is 2.23. The number of hydrogen-bond donors (Lipinski definition) is 1. The van der Waals surface area contributed by atoms with Crippen LogP contribution in [0.2, 0.25) is 5.02 Å². The van der Waals surface area contributed by atoms with Crippen molar-refractivity contribution < 1.29 is 9.53 Å². The molecule has 1 aromatic heterocycles. The molecular weight excluding hydrogens is 400 g/mol. The molecule has 3 aromatic rings. The lowest BCUT2D eigenvalue weighted by Gasteiger charge is -2.32. The summed E-state index contributed by atoms with van der Waals surface area (Å²) in [5, 5.41) is 3.79. The topological polar surface area (TPSA) is 67.4 Å². The van der Waals surface area contributed by atoms with Gasteiger partial charge in [-0.25, -0.2) is 9.97 Å². The van der Waals surface area contributed by atoms with Crippen molar-refractivity contribution in [1.29, 1.82) is 0 Å². The molecule has 0 spiro atoms. The van der Waals surface area contributed by atoms with E-state index in [-0.39, 0.29) is 11.9 Å². The summed E-state index contributed by atoms with van der Waals surface area (Å²) < 4.78 is 5.92. The van der Waals surface area contributed by atoms with E-state index >= 15 is 0 Å². The smallest absolute Gasteiger partial charge is 0.255 e. The number of benzene rings is 2. The average molecular weight is 423 g/mol. The van der Waals surface area contributed by atoms with Crippen LogP contribution in [0.5, 0.6) is 5.75 Å². The Morgan fingerprint density at radius 3 is 2.50 bits per heavy atom. The predicted molar refractivity (Wildman–Crippen MR) is 117 cm³/mol. The standard InChI is InChI=1S/C23H23ClN4O2/c24-20-8-3-1-6-17(20)16-30-21-9-4-2-7-19(21)22(29)27-18-10-14-28(15-11-18)23-25-12-5-13-26-23/h1-9,12-13,18H,10-11,14-16H2,(H,27,29). The Morgan fingerprint density at radius 2 is 1.73 bits per heavy atom. The van der Waals surface area contributed by atoms with Gasteiger partial charge in [-0.2, -0.15) is 0 Å². The van der Waals surface area contributed by atoms with Crippen molar-refractivity contribution in [3.63, 3.8) is 0 Å². The van der Waals surface area contributed by atoms with Gasteiger partial charge in [-0.15, -0.1) is 0 Å². The number of halogens is 1. The van der Waals surface area contributed by atoms with E-state index in [0.717, 1.165) is 37.4 Å². The molecule has 1 aliphatic rings. The first-order valence-corrected chi connectivity index (χ1v) is 10.4. The van der Waals surface area contributed by atoms with Gasteiger partial charge in [0.25, 0.3) is 5.91 Å². The first-order valence-electron chi connectivity index (χ1n) is 9.99. The van der Waals surface area contributed by atoms with E-state index in [9.17, 15) is 4.79 Å². The van der Waals surface area contributed by atoms with E-state index in [1.165, 1.54) is 0 Å². The minimum Gasteiger partial charge on any atom is -0.488 e. The molecule has 1 aliphatic heterocycles. The molecule has 1 saturated heterocycles. The van der Waals surface area contributed by atoms with Crippen molar-refractivity contribution in [3.05, 3.63) is 83.1 Å². The van der Waals surface area contributed by atoms with Gasteiger partial charge in [0.1, 0.15) is 12.4 Å². The van der Waals surface area contributed by atoms with E-state index in [2.05, 4.69) is 20.2 Å². The molecule has 2 aromatic carbocycles. The Labute approximate surface area is 180 Å². The average Bonchev–Trinajstić information content (AvgIpc) is 2.80. The fourth-order valence-corrected chi connectivity index (χ4v) is 3.68. The van der Waals surface area contributed by atoms with Gasteiger partial charge < -0.3 is 15.0 Å². The molecule has 30 heavy (non-hydrogen) atoms. The van der Waals surface area contributed by atoms with E-state index < -0.39 is 0 Å². The molecule has 154 valence electrons. The highest BCUT2D eigenvalue weighted by atomic mass is 35.5. The molecule has 7 heteroatoms. The molecule has 0 aliphatic carbocycles. The zero-order valence-electron chi connectivity index (χ0n) is 16.5. The summed E-state index contributed by atoms with van der Waals surface area (Å²) in [5.41, 5.74) is 1.41. The lowest BCUT2D eigenvalue weighted by Crippen LogP contribution is -2.45. The molecule has 1 N–H and O–H groups in total. The largest absolute Gasteiger partial charge is 0.488 e. The molecule has 0 radical (unpaired) electrons. The Hall–Kier alpha value is -3.12. The number of anilines is 1. The summed E-state index contributed by atoms with van der Waals surface area (Å²) in [7, 11) is 0. The normalized spacial score (nSPS) is 14.4. The SMILES string of the molecule is O=C(NC1CCN(c2ncccn2)CC1)c1ccccc1OCc1ccccc1Cl. The van der Waals surface area contributed by atoms with Crippen LogP contribution in [-0.4, -0.2) is 35.0 Å². The molecule has 4 rings (SSSR count). The van der Waals surface area contributed by atoms with Crippen LogP contribution in [0.15, 0.2) is 67.0 Å². The highest BCUT2D eigenvalue weighted by molar-refractivity contribution is 6.31. The molecule has 0 unspecified atom stereocenters. The summed E-state index contributed by atoms with van der Waals surface area (Å²) >= 11 is 6.21. The number of rotatable bonds is 6. The molecule has 1 fully saturated rings. The van der Waals surface area contributed by atoms with Gasteiger partial charge in [0, 0.05) is 42.1 Å². The lowest BCUT2D eigenvalue weighted by molar-refractivity contribution is 0.0926. The van der Waals surface area contributed by atoms with Crippen LogP contribution in [-0.2, 0) is 6.61 Å². The minimum absolute atomic E-state index is 0.106. The number of amides is 1. The third kappa shape index (κ3) is 4.89. The van der Waals surface area contributed by atoms with Gasteiger partial charge in [0.2, 0.25) is 5.95 Å². The Kier molecular flexibility index (Phi) is 6.44. The van der Waals surface area contributed by atoms with Crippen LogP contribution in [0.3, 0.4) is 0 Å². The molecule has 2 heterocycles. The number of nitrogens with one attached hydrogen (secondary N) is 1. The quantitative estimate of drug-likeness (QED) is 0.647. The maximum absolute atomic E-state index is 12.9. The number of carbonyl (C=O) groups excluding carboxylic acids is 1. The number of nitrogens with zero attached hydrogens (tertiary/aromatic N) is 3. The van der Waals surface area contributed by atoms with Crippen molar-refractivity contribution in [2.75, 3.05) is 18.0 Å². The van der Waals surface area contributed by atoms with Gasteiger partial charge >= 0.3 is 0 Å². The summed E-state index contributed by atoms with van der Waals surface area (Å²) in [6.07, 6.45) is 5.17. The Bertz CT molecular complexity index is 991. The van der Waals surface area contributed by atoms with Crippen molar-refractivity contribution in [1.82, 2.24) is 15.3 Å². The van der Waals surface area contributed by atoms with Gasteiger partial charge in [-0.05, 0) is 37.1 Å². The maximum Gasteiger partial charge on any atom is 0.255 e. The van der Waals surface area contributed by atoms with Crippen LogP contribution in [0, 0.1) is 0 Å². The zero-order valence-corrected chi connectivity index (χ0v) is 17.3. The maximum atomic E-state index is 12.9. The molecular formula is C23H23ClN4O2. The van der Waals surface area contributed by atoms with E-state index in [1.54, 1.807) is 24.5 Å². The number of para-hydroxylation sites is 1. The van der Waals surface area contributed by atoms with Crippen molar-refractivity contribution in [3.8, 4) is 5.75 Å². The first kappa shape index (κ1) is 20.2. The number of carbonyl (C=O) groups is 1. The van der Waals surface area contributed by atoms with Gasteiger partial charge in [0.05, 0.1) is 5.56 Å². The van der Waals surface area contributed by atoms with E-state index in [1.807, 2.05) is 42.5 Å². The number of aromatic nitrogens is 2. The van der Waals surface area contributed by atoms with Crippen molar-refractivity contribution in [2.24, 2.45) is 0 Å². The lowest BCUT2D eigenvalue weighted by atomic mass is 10.0. The van der Waals surface area contributed by atoms with Crippen LogP contribution in [0.4, 0.5) is 5.95 Å². The molecule has 0 atom stereocenters. The highest BCUT2D eigenvalue weighted by Crippen LogP contribution is 2.23. The minimum atomic E-state index is -0.126. The van der Waals surface area contributed by atoms with Crippen LogP contribution in [0.1, 0.15) is 28.8 Å². The predicted octanol–water partition coefficient (Wildman–Crippen LogP) is 4.11. The number of piperidine rings is 1. The monoisotopic (exact) mass is 422 g/mol. The summed E-state index contributed by atoms with van der Waals surface area (Å²) in [4.78, 5) is 23.7. The second-order valence-corrected chi connectivity index (χ2v) is 7.57. The van der Waals surface area contributed by atoms with Gasteiger partial charge in [-0.1, -0.05) is 41.9 Å². The van der Waals surface area contributed by atoms with Crippen LogP contribution in [0.25, 0.3) is 0 Å². The molecule has 6 nitrogen and oxygen atoms in total. The number of ether oxygens (including phenoxy) is 1. The third-order valence-corrected chi connectivity index (χ3v) is 5.51. The molecule has 0 saturated carbocycles. The third-order valence-electron chi connectivity index (χ3n) is 5.14. The van der Waals surface area contributed by atoms with Gasteiger partial charge in [-0.3, -0.25) is 4.79 Å². The fourth-order valence-electron chi connectivity index (χ4n) is 3.49. The zero-order chi connectivity index (χ0) is 20.8.